The van der Waals surface area contributed by atoms with Crippen molar-refractivity contribution in [2.45, 2.75) is 25.4 Å². The maximum Gasteiger partial charge on any atom is 0.264 e. The van der Waals surface area contributed by atoms with Gasteiger partial charge in [-0.25, -0.2) is 0 Å². The smallest absolute Gasteiger partial charge is 0.264 e. The molecule has 0 aliphatic carbocycles. The molecule has 1 aromatic heterocycles. The van der Waals surface area contributed by atoms with Crippen molar-refractivity contribution in [3.63, 3.8) is 0 Å². The fourth-order valence-electron chi connectivity index (χ4n) is 3.46. The van der Waals surface area contributed by atoms with Gasteiger partial charge in [-0.05, 0) is 30.7 Å². The van der Waals surface area contributed by atoms with Gasteiger partial charge in [-0.3, -0.25) is 34.4 Å². The van der Waals surface area contributed by atoms with Gasteiger partial charge < -0.3 is 5.32 Å². The van der Waals surface area contributed by atoms with Crippen molar-refractivity contribution in [1.82, 2.24) is 15.2 Å². The lowest BCUT2D eigenvalue weighted by molar-refractivity contribution is -0.136. The summed E-state index contributed by atoms with van der Waals surface area (Å²) in [6.45, 7) is 0.321. The molecule has 2 aromatic rings. The minimum absolute atomic E-state index is 0.0776. The summed E-state index contributed by atoms with van der Waals surface area (Å²) in [6, 6.07) is 7.44. The Morgan fingerprint density at radius 2 is 2.00 bits per heavy atom. The zero-order chi connectivity index (χ0) is 20.5. The van der Waals surface area contributed by atoms with Crippen LogP contribution >= 0.6 is 0 Å². The summed E-state index contributed by atoms with van der Waals surface area (Å²) in [7, 11) is 0. The van der Waals surface area contributed by atoms with E-state index < -0.39 is 29.7 Å². The highest BCUT2D eigenvalue weighted by Crippen LogP contribution is 2.32. The van der Waals surface area contributed by atoms with Crippen molar-refractivity contribution in [3.05, 3.63) is 58.9 Å². The Hall–Kier alpha value is -3.99. The fourth-order valence-corrected chi connectivity index (χ4v) is 3.46. The normalized spacial score (nSPS) is 18.3. The number of piperidine rings is 1. The number of anilines is 1. The number of pyridine rings is 1. The highest BCUT2D eigenvalue weighted by Gasteiger charge is 2.45. The highest BCUT2D eigenvalue weighted by atomic mass is 16.2. The van der Waals surface area contributed by atoms with E-state index in [0.29, 0.717) is 23.5 Å². The van der Waals surface area contributed by atoms with Crippen LogP contribution in [0.4, 0.5) is 5.69 Å². The molecular formula is C21H16N4O4. The monoisotopic (exact) mass is 388 g/mol. The van der Waals surface area contributed by atoms with Crippen LogP contribution in [0.15, 0.2) is 36.5 Å². The summed E-state index contributed by atoms with van der Waals surface area (Å²) < 4.78 is 0. The molecule has 0 spiro atoms. The van der Waals surface area contributed by atoms with Crippen LogP contribution in [0.2, 0.25) is 0 Å². The van der Waals surface area contributed by atoms with Crippen molar-refractivity contribution < 1.29 is 19.2 Å². The number of aromatic nitrogens is 1. The second kappa shape index (κ2) is 7.20. The molecule has 29 heavy (non-hydrogen) atoms. The van der Waals surface area contributed by atoms with E-state index in [1.54, 1.807) is 36.5 Å². The van der Waals surface area contributed by atoms with E-state index in [1.807, 2.05) is 0 Å². The Kier molecular flexibility index (Phi) is 4.56. The number of hydrogen-bond donors (Lipinski definition) is 2. The van der Waals surface area contributed by atoms with Gasteiger partial charge in [0.2, 0.25) is 11.8 Å². The molecule has 1 saturated heterocycles. The number of hydrogen-bond acceptors (Lipinski definition) is 6. The number of imide groups is 2. The van der Waals surface area contributed by atoms with Crippen molar-refractivity contribution in [3.8, 4) is 12.3 Å². The minimum Gasteiger partial charge on any atom is -0.379 e. The molecule has 3 heterocycles. The molecule has 8 nitrogen and oxygen atoms in total. The Morgan fingerprint density at radius 1 is 1.17 bits per heavy atom. The van der Waals surface area contributed by atoms with Crippen LogP contribution in [0, 0.1) is 12.3 Å². The van der Waals surface area contributed by atoms with Gasteiger partial charge in [0.15, 0.2) is 0 Å². The van der Waals surface area contributed by atoms with Crippen LogP contribution in [0.3, 0.4) is 0 Å². The summed E-state index contributed by atoms with van der Waals surface area (Å²) >= 11 is 0. The molecule has 0 saturated carbocycles. The van der Waals surface area contributed by atoms with Gasteiger partial charge in [0.05, 0.1) is 23.4 Å². The van der Waals surface area contributed by atoms with Crippen molar-refractivity contribution in [2.24, 2.45) is 0 Å². The van der Waals surface area contributed by atoms with Gasteiger partial charge in [-0.2, -0.15) is 0 Å². The number of amides is 4. The van der Waals surface area contributed by atoms with Crippen molar-refractivity contribution >= 4 is 29.3 Å². The number of terminal acetylenes is 1. The Morgan fingerprint density at radius 3 is 2.69 bits per heavy atom. The second-order valence-corrected chi connectivity index (χ2v) is 6.71. The van der Waals surface area contributed by atoms with Gasteiger partial charge >= 0.3 is 0 Å². The molecule has 4 amide bonds. The minimum atomic E-state index is -0.995. The van der Waals surface area contributed by atoms with Gasteiger partial charge in [0.25, 0.3) is 11.8 Å². The fraction of sp³-hybridized carbons (Fsp3) is 0.190. The summed E-state index contributed by atoms with van der Waals surface area (Å²) in [5.74, 6) is 0.347. The Balaban J connectivity index is 1.58. The molecule has 1 fully saturated rings. The second-order valence-electron chi connectivity index (χ2n) is 6.71. The van der Waals surface area contributed by atoms with E-state index >= 15 is 0 Å². The standard InChI is InChI=1S/C21H16N4O4/c1-2-12-6-7-13(22-10-12)11-23-15-5-3-4-14-18(15)21(29)25(20(14)28)16-8-9-17(26)24-19(16)27/h1,3-7,10,16,23H,8-9,11H2,(H,24,26,27). The molecule has 1 atom stereocenters. The SMILES string of the molecule is C#Cc1ccc(CNc2cccc3c2C(=O)N(C2CCC(=O)NC2=O)C3=O)nc1. The number of carbonyl (C=O) groups is 4. The van der Waals surface area contributed by atoms with E-state index in [9.17, 15) is 19.2 Å². The van der Waals surface area contributed by atoms with E-state index in [4.69, 9.17) is 6.42 Å². The summed E-state index contributed by atoms with van der Waals surface area (Å²) in [5, 5.41) is 5.31. The van der Waals surface area contributed by atoms with E-state index in [0.717, 1.165) is 4.90 Å². The van der Waals surface area contributed by atoms with Crippen LogP contribution in [0.5, 0.6) is 0 Å². The molecule has 144 valence electrons. The summed E-state index contributed by atoms with van der Waals surface area (Å²) in [5.41, 5.74) is 2.27. The maximum atomic E-state index is 13.0. The highest BCUT2D eigenvalue weighted by molar-refractivity contribution is 6.25. The Bertz CT molecular complexity index is 1080. The van der Waals surface area contributed by atoms with Crippen LogP contribution < -0.4 is 10.6 Å². The van der Waals surface area contributed by atoms with Crippen LogP contribution in [-0.4, -0.2) is 39.6 Å². The molecule has 0 bridgehead atoms. The number of carbonyl (C=O) groups excluding carboxylic acids is 4. The summed E-state index contributed by atoms with van der Waals surface area (Å²) in [4.78, 5) is 54.6. The topological polar surface area (TPSA) is 108 Å². The van der Waals surface area contributed by atoms with Crippen LogP contribution in [0.1, 0.15) is 44.8 Å². The van der Waals surface area contributed by atoms with Crippen LogP contribution in [0.25, 0.3) is 0 Å². The third kappa shape index (κ3) is 3.23. The average molecular weight is 388 g/mol. The molecule has 2 aliphatic rings. The molecule has 4 rings (SSSR count). The molecule has 8 heteroatoms. The maximum absolute atomic E-state index is 13.0. The van der Waals surface area contributed by atoms with Crippen LogP contribution in [-0.2, 0) is 16.1 Å². The van der Waals surface area contributed by atoms with Gasteiger partial charge in [0.1, 0.15) is 6.04 Å². The number of nitrogens with zero attached hydrogens (tertiary/aromatic N) is 2. The molecular weight excluding hydrogens is 372 g/mol. The molecule has 1 aromatic carbocycles. The first-order valence-corrected chi connectivity index (χ1v) is 8.99. The van der Waals surface area contributed by atoms with Crippen molar-refractivity contribution in [1.29, 1.82) is 0 Å². The first kappa shape index (κ1) is 18.4. The number of benzene rings is 1. The lowest BCUT2D eigenvalue weighted by Gasteiger charge is -2.27. The zero-order valence-corrected chi connectivity index (χ0v) is 15.3. The summed E-state index contributed by atoms with van der Waals surface area (Å²) in [6.07, 6.45) is 7.09. The predicted molar refractivity (Wildman–Crippen MR) is 103 cm³/mol. The Labute approximate surface area is 166 Å². The first-order chi connectivity index (χ1) is 14.0. The van der Waals surface area contributed by atoms with E-state index in [2.05, 4.69) is 21.5 Å². The zero-order valence-electron chi connectivity index (χ0n) is 15.3. The average Bonchev–Trinajstić information content (AvgIpc) is 2.98. The third-order valence-corrected chi connectivity index (χ3v) is 4.92. The van der Waals surface area contributed by atoms with E-state index in [1.165, 1.54) is 0 Å². The lowest BCUT2D eigenvalue weighted by Crippen LogP contribution is -2.54. The van der Waals surface area contributed by atoms with Gasteiger partial charge in [-0.1, -0.05) is 12.0 Å². The van der Waals surface area contributed by atoms with Gasteiger partial charge in [-0.15, -0.1) is 6.42 Å². The predicted octanol–water partition coefficient (Wildman–Crippen LogP) is 1.08. The lowest BCUT2D eigenvalue weighted by atomic mass is 10.0. The number of rotatable bonds is 4. The first-order valence-electron chi connectivity index (χ1n) is 8.99. The van der Waals surface area contributed by atoms with Gasteiger partial charge in [0, 0.05) is 23.9 Å². The van der Waals surface area contributed by atoms with E-state index in [-0.39, 0.29) is 24.0 Å². The molecule has 2 aliphatic heterocycles. The number of nitrogens with one attached hydrogen (secondary N) is 2. The third-order valence-electron chi connectivity index (χ3n) is 4.92. The molecule has 2 N–H and O–H groups in total. The largest absolute Gasteiger partial charge is 0.379 e. The number of fused-ring (bicyclic) bond motifs is 1. The molecule has 0 radical (unpaired) electrons. The molecule has 1 unspecified atom stereocenters. The van der Waals surface area contributed by atoms with Crippen molar-refractivity contribution in [2.75, 3.05) is 5.32 Å². The quantitative estimate of drug-likeness (QED) is 0.599.